The summed E-state index contributed by atoms with van der Waals surface area (Å²) in [5.74, 6) is -0.773. The van der Waals surface area contributed by atoms with Crippen LogP contribution in [0.2, 0.25) is 0 Å². The number of hydrogen-bond donors (Lipinski definition) is 2. The fourth-order valence-electron chi connectivity index (χ4n) is 2.79. The summed E-state index contributed by atoms with van der Waals surface area (Å²) in [7, 11) is 0. The van der Waals surface area contributed by atoms with Crippen molar-refractivity contribution >= 4 is 28.1 Å². The molecule has 24 heavy (non-hydrogen) atoms. The maximum atomic E-state index is 12.6. The maximum absolute atomic E-state index is 12.6. The lowest BCUT2D eigenvalue weighted by molar-refractivity contribution is -0.123. The van der Waals surface area contributed by atoms with E-state index in [-0.39, 0.29) is 5.91 Å². The molecule has 0 bridgehead atoms. The SMILES string of the molecule is O=C(NC(CF)CF)C1CCCc2sc(Nc3ccccc3)nc21. The number of carbonyl (C=O) groups is 1. The standard InChI is InChI=1S/C17H19F2N3OS/c18-9-12(10-19)20-16(23)13-7-4-8-14-15(13)22-17(24-14)21-11-5-2-1-3-6-11/h1-3,5-6,12-13H,4,7-10H2,(H,20,23)(H,21,22). The topological polar surface area (TPSA) is 54.0 Å². The fraction of sp³-hybridized carbons (Fsp3) is 0.412. The largest absolute Gasteiger partial charge is 0.348 e. The van der Waals surface area contributed by atoms with Crippen molar-refractivity contribution in [3.8, 4) is 0 Å². The van der Waals surface area contributed by atoms with Gasteiger partial charge in [-0.1, -0.05) is 18.2 Å². The lowest BCUT2D eigenvalue weighted by Crippen LogP contribution is -2.41. The number of amides is 1. The quantitative estimate of drug-likeness (QED) is 0.834. The van der Waals surface area contributed by atoms with Crippen LogP contribution in [0.5, 0.6) is 0 Å². The Bertz CT molecular complexity index is 688. The Morgan fingerprint density at radius 2 is 2.04 bits per heavy atom. The molecule has 128 valence electrons. The number of aromatic nitrogens is 1. The van der Waals surface area contributed by atoms with Crippen molar-refractivity contribution in [2.75, 3.05) is 18.7 Å². The molecule has 0 radical (unpaired) electrons. The Morgan fingerprint density at radius 3 is 2.75 bits per heavy atom. The molecule has 0 aliphatic heterocycles. The number of rotatable bonds is 6. The van der Waals surface area contributed by atoms with E-state index in [1.165, 1.54) is 11.3 Å². The van der Waals surface area contributed by atoms with Gasteiger partial charge in [-0.15, -0.1) is 11.3 Å². The Hall–Kier alpha value is -2.02. The summed E-state index contributed by atoms with van der Waals surface area (Å²) in [4.78, 5) is 18.0. The first-order valence-electron chi connectivity index (χ1n) is 7.95. The van der Waals surface area contributed by atoms with Crippen LogP contribution in [-0.2, 0) is 11.2 Å². The summed E-state index contributed by atoms with van der Waals surface area (Å²) in [5, 5.41) is 6.42. The molecule has 0 fully saturated rings. The van der Waals surface area contributed by atoms with E-state index in [4.69, 9.17) is 0 Å². The summed E-state index contributed by atoms with van der Waals surface area (Å²) in [6, 6.07) is 8.61. The van der Waals surface area contributed by atoms with Gasteiger partial charge in [0.25, 0.3) is 0 Å². The van der Waals surface area contributed by atoms with Crippen LogP contribution in [0.25, 0.3) is 0 Å². The van der Waals surface area contributed by atoms with Crippen LogP contribution in [0.15, 0.2) is 30.3 Å². The zero-order valence-corrected chi connectivity index (χ0v) is 13.9. The van der Waals surface area contributed by atoms with Gasteiger partial charge in [-0.2, -0.15) is 0 Å². The van der Waals surface area contributed by atoms with Crippen molar-refractivity contribution in [3.05, 3.63) is 40.9 Å². The van der Waals surface area contributed by atoms with Crippen molar-refractivity contribution in [2.24, 2.45) is 0 Å². The van der Waals surface area contributed by atoms with Gasteiger partial charge in [0.15, 0.2) is 5.13 Å². The molecule has 1 aliphatic carbocycles. The van der Waals surface area contributed by atoms with Gasteiger partial charge in [0.1, 0.15) is 13.3 Å². The average Bonchev–Trinajstić information content (AvgIpc) is 3.02. The van der Waals surface area contributed by atoms with E-state index in [9.17, 15) is 13.6 Å². The van der Waals surface area contributed by atoms with Crippen LogP contribution in [-0.4, -0.2) is 30.3 Å². The lowest BCUT2D eigenvalue weighted by atomic mass is 9.90. The van der Waals surface area contributed by atoms with E-state index in [1.807, 2.05) is 30.3 Å². The number of anilines is 2. The second-order valence-electron chi connectivity index (χ2n) is 5.78. The Morgan fingerprint density at radius 1 is 1.29 bits per heavy atom. The second-order valence-corrected chi connectivity index (χ2v) is 6.86. The average molecular weight is 351 g/mol. The highest BCUT2D eigenvalue weighted by atomic mass is 32.1. The number of aryl methyl sites for hydroxylation is 1. The van der Waals surface area contributed by atoms with E-state index in [0.717, 1.165) is 34.2 Å². The highest BCUT2D eigenvalue weighted by molar-refractivity contribution is 7.15. The third kappa shape index (κ3) is 3.72. The van der Waals surface area contributed by atoms with Crippen LogP contribution in [0, 0.1) is 0 Å². The van der Waals surface area contributed by atoms with Gasteiger partial charge >= 0.3 is 0 Å². The molecule has 4 nitrogen and oxygen atoms in total. The van der Waals surface area contributed by atoms with Crippen molar-refractivity contribution in [1.29, 1.82) is 0 Å². The highest BCUT2D eigenvalue weighted by Gasteiger charge is 2.31. The molecule has 1 aliphatic rings. The third-order valence-electron chi connectivity index (χ3n) is 4.01. The molecule has 1 aromatic heterocycles. The van der Waals surface area contributed by atoms with Crippen LogP contribution >= 0.6 is 11.3 Å². The predicted molar refractivity (Wildman–Crippen MR) is 91.4 cm³/mol. The number of nitrogens with zero attached hydrogens (tertiary/aromatic N) is 1. The monoisotopic (exact) mass is 351 g/mol. The minimum atomic E-state index is -1.07. The molecule has 1 atom stereocenters. The summed E-state index contributed by atoms with van der Waals surface area (Å²) >= 11 is 1.53. The summed E-state index contributed by atoms with van der Waals surface area (Å²) in [6.07, 6.45) is 2.40. The molecule has 1 aromatic carbocycles. The van der Waals surface area contributed by atoms with Crippen LogP contribution in [0.4, 0.5) is 19.6 Å². The summed E-state index contributed by atoms with van der Waals surface area (Å²) < 4.78 is 25.3. The molecule has 3 rings (SSSR count). The van der Waals surface area contributed by atoms with Gasteiger partial charge in [-0.25, -0.2) is 13.8 Å². The Kier molecular flexibility index (Phi) is 5.40. The van der Waals surface area contributed by atoms with Gasteiger partial charge in [-0.3, -0.25) is 4.79 Å². The number of para-hydroxylation sites is 1. The molecule has 2 N–H and O–H groups in total. The molecular formula is C17H19F2N3OS. The maximum Gasteiger partial charge on any atom is 0.229 e. The van der Waals surface area contributed by atoms with Crippen LogP contribution in [0.1, 0.15) is 29.3 Å². The first-order valence-corrected chi connectivity index (χ1v) is 8.77. The summed E-state index contributed by atoms with van der Waals surface area (Å²) in [5.41, 5.74) is 1.66. The first kappa shape index (κ1) is 16.8. The zero-order chi connectivity index (χ0) is 16.9. The van der Waals surface area contributed by atoms with E-state index >= 15 is 0 Å². The molecule has 1 heterocycles. The zero-order valence-electron chi connectivity index (χ0n) is 13.1. The number of thiazole rings is 1. The van der Waals surface area contributed by atoms with Crippen molar-refractivity contribution in [3.63, 3.8) is 0 Å². The van der Waals surface area contributed by atoms with Crippen molar-refractivity contribution in [2.45, 2.75) is 31.2 Å². The first-order chi connectivity index (χ1) is 11.7. The normalized spacial score (nSPS) is 16.7. The number of halogens is 2. The fourth-order valence-corrected chi connectivity index (χ4v) is 3.88. The Labute approximate surface area is 143 Å². The number of hydrogen-bond acceptors (Lipinski definition) is 4. The number of nitrogens with one attached hydrogen (secondary N) is 2. The number of alkyl halides is 2. The smallest absolute Gasteiger partial charge is 0.229 e. The van der Waals surface area contributed by atoms with Crippen molar-refractivity contribution in [1.82, 2.24) is 10.3 Å². The van der Waals surface area contributed by atoms with Gasteiger partial charge in [-0.05, 0) is 31.4 Å². The molecule has 2 aromatic rings. The van der Waals surface area contributed by atoms with Crippen LogP contribution < -0.4 is 10.6 Å². The van der Waals surface area contributed by atoms with Gasteiger partial charge in [0.2, 0.25) is 5.91 Å². The third-order valence-corrected chi connectivity index (χ3v) is 5.06. The molecule has 1 amide bonds. The molecular weight excluding hydrogens is 332 g/mol. The van der Waals surface area contributed by atoms with E-state index in [2.05, 4.69) is 15.6 Å². The van der Waals surface area contributed by atoms with Crippen molar-refractivity contribution < 1.29 is 13.6 Å². The lowest BCUT2D eigenvalue weighted by Gasteiger charge is -2.22. The van der Waals surface area contributed by atoms with E-state index < -0.39 is 25.3 Å². The molecule has 0 saturated carbocycles. The molecule has 0 saturated heterocycles. The number of fused-ring (bicyclic) bond motifs is 1. The Balaban J connectivity index is 1.76. The molecule has 0 spiro atoms. The minimum absolute atomic E-state index is 0.340. The van der Waals surface area contributed by atoms with E-state index in [1.54, 1.807) is 0 Å². The minimum Gasteiger partial charge on any atom is -0.348 e. The van der Waals surface area contributed by atoms with Gasteiger partial charge < -0.3 is 10.6 Å². The number of benzene rings is 1. The van der Waals surface area contributed by atoms with Gasteiger partial charge in [0, 0.05) is 10.6 Å². The predicted octanol–water partition coefficient (Wildman–Crippen LogP) is 3.73. The second kappa shape index (κ2) is 7.70. The molecule has 7 heteroatoms. The number of carbonyl (C=O) groups excluding carboxylic acids is 1. The molecule has 1 unspecified atom stereocenters. The summed E-state index contributed by atoms with van der Waals surface area (Å²) in [6.45, 7) is -1.81. The van der Waals surface area contributed by atoms with Crippen LogP contribution in [0.3, 0.4) is 0 Å². The van der Waals surface area contributed by atoms with E-state index in [0.29, 0.717) is 6.42 Å². The highest BCUT2D eigenvalue weighted by Crippen LogP contribution is 2.37. The van der Waals surface area contributed by atoms with Gasteiger partial charge in [0.05, 0.1) is 17.7 Å².